The summed E-state index contributed by atoms with van der Waals surface area (Å²) in [5.74, 6) is 1.17. The number of aryl methyl sites for hydroxylation is 2. The van der Waals surface area contributed by atoms with Crippen molar-refractivity contribution in [3.63, 3.8) is 0 Å². The van der Waals surface area contributed by atoms with E-state index in [4.69, 9.17) is 14.6 Å². The molecule has 2 heterocycles. The number of ether oxygens (including phenoxy) is 2. The Balaban J connectivity index is -0.000000116. The van der Waals surface area contributed by atoms with Crippen molar-refractivity contribution in [1.29, 1.82) is 0 Å². The fourth-order valence-corrected chi connectivity index (χ4v) is 8.82. The number of aliphatic carboxylic acids is 1. The Bertz CT molecular complexity index is 2500. The van der Waals surface area contributed by atoms with Gasteiger partial charge in [-0.3, -0.25) is 4.79 Å². The van der Waals surface area contributed by atoms with Crippen LogP contribution in [-0.2, 0) is 18.0 Å². The van der Waals surface area contributed by atoms with Crippen LogP contribution in [0, 0.1) is 41.5 Å². The molecule has 0 saturated heterocycles. The van der Waals surface area contributed by atoms with E-state index in [2.05, 4.69) is 198 Å². The molecule has 0 aliphatic rings. The topological polar surface area (TPSA) is 85.8 Å². The number of hydrogen-bond donors (Lipinski definition) is 1. The summed E-state index contributed by atoms with van der Waals surface area (Å²) < 4.78 is 12.7. The third-order valence-corrected chi connectivity index (χ3v) is 12.5. The molecule has 2 aromatic heterocycles. The predicted molar refractivity (Wildman–Crippen MR) is 385 cm³/mol. The van der Waals surface area contributed by atoms with E-state index < -0.39 is 5.97 Å². The minimum Gasteiger partial charge on any atom is -0.870 e. The maximum absolute atomic E-state index is 9.37. The molecule has 8 rings (SSSR count). The van der Waals surface area contributed by atoms with Crippen LogP contribution >= 0.6 is 22.7 Å². The first-order valence-electron chi connectivity index (χ1n) is 28.0. The van der Waals surface area contributed by atoms with E-state index >= 15 is 0 Å². The molecule has 8 heteroatoms. The van der Waals surface area contributed by atoms with Gasteiger partial charge in [0.25, 0.3) is 0 Å². The summed E-state index contributed by atoms with van der Waals surface area (Å²) in [6.07, 6.45) is 1.47. The molecule has 470 valence electrons. The van der Waals surface area contributed by atoms with Crippen LogP contribution in [0.4, 0.5) is 0 Å². The van der Waals surface area contributed by atoms with Gasteiger partial charge in [0.1, 0.15) is 24.7 Å². The largest absolute Gasteiger partial charge is 1.00 e. The van der Waals surface area contributed by atoms with Gasteiger partial charge in [-0.2, -0.15) is 22.7 Å². The van der Waals surface area contributed by atoms with Gasteiger partial charge in [0, 0.05) is 39.8 Å². The Morgan fingerprint density at radius 3 is 0.869 bits per heavy atom. The molecule has 5 nitrogen and oxygen atoms in total. The molecule has 2 N–H and O–H groups in total. The van der Waals surface area contributed by atoms with Crippen molar-refractivity contribution < 1.29 is 43.7 Å². The molecule has 6 aromatic carbocycles. The number of carbonyl (C=O) groups is 1. The number of carboxylic acid groups (broad SMARTS) is 1. The van der Waals surface area contributed by atoms with Crippen molar-refractivity contribution in [2.45, 2.75) is 216 Å². The zero-order valence-corrected chi connectivity index (χ0v) is 53.9. The van der Waals surface area contributed by atoms with E-state index in [1.54, 1.807) is 29.6 Å². The molecule has 0 unspecified atom stereocenters. The maximum atomic E-state index is 9.37. The van der Waals surface area contributed by atoms with Crippen molar-refractivity contribution in [1.82, 2.24) is 0 Å². The quantitative estimate of drug-likeness (QED) is 0.130. The van der Waals surface area contributed by atoms with Gasteiger partial charge < -0.3 is 20.1 Å². The molecule has 8 aromatic rings. The molecular formula is C76H123LiO5S2. The minimum absolute atomic E-state index is 0. The van der Waals surface area contributed by atoms with E-state index in [0.29, 0.717) is 13.2 Å². The van der Waals surface area contributed by atoms with Crippen LogP contribution in [0.3, 0.4) is 0 Å². The molecule has 0 amide bonds. The molecular weight excluding hydrogens is 1060 g/mol. The molecule has 0 aliphatic carbocycles. The molecule has 0 spiro atoms. The van der Waals surface area contributed by atoms with Gasteiger partial charge >= 0.3 is 24.8 Å². The van der Waals surface area contributed by atoms with Gasteiger partial charge in [-0.15, -0.1) is 0 Å². The number of benzene rings is 6. The smallest absolute Gasteiger partial charge is 0.870 e. The van der Waals surface area contributed by atoms with Gasteiger partial charge in [-0.1, -0.05) is 276 Å². The Labute approximate surface area is 540 Å². The van der Waals surface area contributed by atoms with E-state index in [0.717, 1.165) is 11.5 Å². The van der Waals surface area contributed by atoms with Crippen molar-refractivity contribution in [2.24, 2.45) is 0 Å². The van der Waals surface area contributed by atoms with Crippen molar-refractivity contribution >= 4 is 28.6 Å². The first-order valence-corrected chi connectivity index (χ1v) is 29.9. The minimum atomic E-state index is -0.745. The first-order chi connectivity index (χ1) is 37.0. The van der Waals surface area contributed by atoms with E-state index in [1.165, 1.54) is 95.4 Å². The van der Waals surface area contributed by atoms with Gasteiger partial charge in [-0.05, 0) is 131 Å². The van der Waals surface area contributed by atoms with Crippen LogP contribution in [0.5, 0.6) is 11.5 Å². The summed E-state index contributed by atoms with van der Waals surface area (Å²) in [6.45, 7) is 44.1. The second-order valence-corrected chi connectivity index (χ2v) is 17.3. The van der Waals surface area contributed by atoms with E-state index in [9.17, 15) is 4.79 Å². The number of hydrogen-bond acceptors (Lipinski definition) is 6. The summed E-state index contributed by atoms with van der Waals surface area (Å²) in [4.78, 5) is 9.37. The van der Waals surface area contributed by atoms with Gasteiger partial charge in [0.15, 0.2) is 0 Å². The summed E-state index contributed by atoms with van der Waals surface area (Å²) in [6, 6.07) is 46.3. The van der Waals surface area contributed by atoms with E-state index in [-0.39, 0.29) is 75.3 Å². The number of carboxylic acids is 1. The van der Waals surface area contributed by atoms with Crippen LogP contribution in [0.25, 0.3) is 44.5 Å². The second-order valence-electron chi connectivity index (χ2n) is 15.8. The maximum Gasteiger partial charge on any atom is 1.00 e. The van der Waals surface area contributed by atoms with Crippen molar-refractivity contribution in [3.05, 3.63) is 199 Å². The SMILES string of the molecule is C.C.C.C.C.C.CC.CC.CC.CC.CC.CC.CCC.CCC(=O)O.Cc1cc(OCc2ccccc2)c(-c2cscc2-c2ccccc2)c(C)c1C.Cc1cc(OCc2ccccc2)c(-c2cscc2-c2ccccc2)c(C)c1C.[Li+].[OH-]. The normalized spacial score (nSPS) is 8.30. The third kappa shape index (κ3) is 33.1. The molecule has 84 heavy (non-hydrogen) atoms. The Morgan fingerprint density at radius 1 is 0.405 bits per heavy atom. The first kappa shape index (κ1) is 100. The van der Waals surface area contributed by atoms with E-state index in [1.807, 2.05) is 95.2 Å². The average molecular weight is 1190 g/mol. The Kier molecular flexibility index (Phi) is 73.9. The summed E-state index contributed by atoms with van der Waals surface area (Å²) in [5, 5.41) is 16.7. The predicted octanol–water partition coefficient (Wildman–Crippen LogP) is 23.9. The molecule has 0 radical (unpaired) electrons. The fraction of sp³-hybridized carbons (Fsp3) is 0.408. The molecule has 0 saturated carbocycles. The summed E-state index contributed by atoms with van der Waals surface area (Å²) in [5.41, 5.74) is 20.0. The van der Waals surface area contributed by atoms with Gasteiger partial charge in [-0.25, -0.2) is 0 Å². The Hall–Kier alpha value is -5.65. The fourth-order valence-electron chi connectivity index (χ4n) is 7.12. The van der Waals surface area contributed by atoms with Gasteiger partial charge in [0.05, 0.1) is 0 Å². The van der Waals surface area contributed by atoms with Crippen LogP contribution in [-0.4, -0.2) is 16.6 Å². The second kappa shape index (κ2) is 61.9. The zero-order chi connectivity index (χ0) is 58.0. The van der Waals surface area contributed by atoms with Crippen LogP contribution in [0.1, 0.15) is 206 Å². The Morgan fingerprint density at radius 2 is 0.631 bits per heavy atom. The molecule has 0 aliphatic heterocycles. The van der Waals surface area contributed by atoms with Crippen molar-refractivity contribution in [2.75, 3.05) is 0 Å². The number of thiophene rings is 2. The molecule has 0 atom stereocenters. The molecule has 0 bridgehead atoms. The van der Waals surface area contributed by atoms with Gasteiger partial charge in [0.2, 0.25) is 0 Å². The summed E-state index contributed by atoms with van der Waals surface area (Å²) >= 11 is 3.48. The zero-order valence-electron chi connectivity index (χ0n) is 52.3. The number of rotatable bonds is 11. The monoisotopic (exact) mass is 1190 g/mol. The standard InChI is InChI=1S/2C26H24OS.C3H6O2.C3H8.6C2H6.6CH4.Li.H2O/c2*1-18-14-25(27-15-21-10-6-4-7-11-21)26(20(3)19(18)2)24-17-28-16-23(24)22-12-8-5-9-13-22;1-2-3(4)5;1-3-2;6*1-2;;;;;;;;/h2*4-14,16-17H,15H2,1-3H3;2H2,1H3,(H,4,5);3H2,1-2H3;6*1-2H3;6*1H4;;1H2/q;;;;;;;;;;;;;;;;+1;/p-1. The van der Waals surface area contributed by atoms with Crippen molar-refractivity contribution in [3.8, 4) is 56.0 Å². The third-order valence-electron chi connectivity index (χ3n) is 11.1. The van der Waals surface area contributed by atoms with Crippen LogP contribution < -0.4 is 28.3 Å². The summed E-state index contributed by atoms with van der Waals surface area (Å²) in [7, 11) is 0. The van der Waals surface area contributed by atoms with Crippen LogP contribution in [0.2, 0.25) is 0 Å². The van der Waals surface area contributed by atoms with Crippen LogP contribution in [0.15, 0.2) is 155 Å². The molecule has 0 fully saturated rings. The average Bonchev–Trinajstić information content (AvgIpc) is 4.19.